The number of hydrogen-bond acceptors (Lipinski definition) is 3. The number of hydrogen-bond donors (Lipinski definition) is 3. The third kappa shape index (κ3) is 8.68. The Hall–Kier alpha value is -1.10. The van der Waals surface area contributed by atoms with Crippen molar-refractivity contribution in [3.63, 3.8) is 0 Å². The summed E-state index contributed by atoms with van der Waals surface area (Å²) in [6.07, 6.45) is 1.36. The van der Waals surface area contributed by atoms with E-state index in [1.807, 2.05) is 20.8 Å². The van der Waals surface area contributed by atoms with E-state index in [9.17, 15) is 9.59 Å². The van der Waals surface area contributed by atoms with Crippen LogP contribution in [0.2, 0.25) is 0 Å². The molecule has 1 unspecified atom stereocenters. The molecule has 0 saturated heterocycles. The predicted molar refractivity (Wildman–Crippen MR) is 66.5 cm³/mol. The van der Waals surface area contributed by atoms with Gasteiger partial charge in [-0.3, -0.25) is 9.59 Å². The summed E-state index contributed by atoms with van der Waals surface area (Å²) >= 11 is 0. The van der Waals surface area contributed by atoms with Crippen LogP contribution in [0.5, 0.6) is 0 Å². The lowest BCUT2D eigenvalue weighted by Gasteiger charge is -2.16. The standard InChI is InChI=1S/C12H24N2O3/c1-8(2)6-10(13)12(17)14-7-9(3)4-5-11(15)16/h8-10H,4-7,13H2,1-3H3,(H,14,17)(H,15,16)/t9?,10-/m1/s1. The van der Waals surface area contributed by atoms with Crippen LogP contribution >= 0.6 is 0 Å². The summed E-state index contributed by atoms with van der Waals surface area (Å²) in [6.45, 7) is 6.43. The molecule has 0 rings (SSSR count). The molecule has 0 aliphatic carbocycles. The van der Waals surface area contributed by atoms with Crippen molar-refractivity contribution in [1.82, 2.24) is 5.32 Å². The first kappa shape index (κ1) is 15.9. The molecule has 0 fully saturated rings. The molecule has 4 N–H and O–H groups in total. The third-order valence-corrected chi connectivity index (χ3v) is 2.54. The van der Waals surface area contributed by atoms with Crippen LogP contribution in [0.3, 0.4) is 0 Å². The van der Waals surface area contributed by atoms with Crippen LogP contribution in [0.15, 0.2) is 0 Å². The Balaban J connectivity index is 3.78. The maximum atomic E-state index is 11.6. The van der Waals surface area contributed by atoms with Crippen molar-refractivity contribution in [3.8, 4) is 0 Å². The molecule has 0 radical (unpaired) electrons. The minimum atomic E-state index is -0.806. The number of carboxylic acids is 1. The van der Waals surface area contributed by atoms with E-state index in [0.29, 0.717) is 25.3 Å². The fraction of sp³-hybridized carbons (Fsp3) is 0.833. The largest absolute Gasteiger partial charge is 0.481 e. The van der Waals surface area contributed by atoms with Crippen LogP contribution in [0, 0.1) is 11.8 Å². The van der Waals surface area contributed by atoms with Crippen molar-refractivity contribution >= 4 is 11.9 Å². The van der Waals surface area contributed by atoms with Gasteiger partial charge in [-0.1, -0.05) is 20.8 Å². The molecule has 1 amide bonds. The number of carbonyl (C=O) groups excluding carboxylic acids is 1. The number of carbonyl (C=O) groups is 2. The molecule has 0 aromatic heterocycles. The first-order valence-electron chi connectivity index (χ1n) is 6.08. The molecular weight excluding hydrogens is 220 g/mol. The average Bonchev–Trinajstić information content (AvgIpc) is 2.21. The van der Waals surface area contributed by atoms with Crippen molar-refractivity contribution in [3.05, 3.63) is 0 Å². The first-order chi connectivity index (χ1) is 7.82. The average molecular weight is 244 g/mol. The Labute approximate surface area is 103 Å². The van der Waals surface area contributed by atoms with Gasteiger partial charge in [0.15, 0.2) is 0 Å². The van der Waals surface area contributed by atoms with Crippen LogP contribution in [0.4, 0.5) is 0 Å². The second-order valence-corrected chi connectivity index (χ2v) is 5.02. The highest BCUT2D eigenvalue weighted by atomic mass is 16.4. The number of aliphatic carboxylic acids is 1. The molecule has 17 heavy (non-hydrogen) atoms. The van der Waals surface area contributed by atoms with Gasteiger partial charge in [0.25, 0.3) is 0 Å². The maximum absolute atomic E-state index is 11.6. The Morgan fingerprint density at radius 2 is 1.88 bits per heavy atom. The highest BCUT2D eigenvalue weighted by Crippen LogP contribution is 2.05. The van der Waals surface area contributed by atoms with E-state index in [1.165, 1.54) is 0 Å². The fourth-order valence-electron chi connectivity index (χ4n) is 1.49. The number of rotatable bonds is 8. The molecule has 0 saturated carbocycles. The minimum absolute atomic E-state index is 0.134. The van der Waals surface area contributed by atoms with Crippen LogP contribution < -0.4 is 11.1 Å². The summed E-state index contributed by atoms with van der Waals surface area (Å²) in [5, 5.41) is 11.3. The summed E-state index contributed by atoms with van der Waals surface area (Å²) in [5.74, 6) is -0.415. The maximum Gasteiger partial charge on any atom is 0.303 e. The molecule has 5 heteroatoms. The Kier molecular flexibility index (Phi) is 7.54. The van der Waals surface area contributed by atoms with Crippen molar-refractivity contribution in [1.29, 1.82) is 0 Å². The topological polar surface area (TPSA) is 92.4 Å². The number of nitrogens with one attached hydrogen (secondary N) is 1. The summed E-state index contributed by atoms with van der Waals surface area (Å²) < 4.78 is 0. The van der Waals surface area contributed by atoms with Crippen molar-refractivity contribution in [2.75, 3.05) is 6.54 Å². The van der Waals surface area contributed by atoms with Crippen molar-refractivity contribution in [2.24, 2.45) is 17.6 Å². The van der Waals surface area contributed by atoms with E-state index in [0.717, 1.165) is 0 Å². The molecule has 0 heterocycles. The lowest BCUT2D eigenvalue weighted by molar-refractivity contribution is -0.137. The monoisotopic (exact) mass is 244 g/mol. The molecule has 0 bridgehead atoms. The van der Waals surface area contributed by atoms with Gasteiger partial charge >= 0.3 is 5.97 Å². The van der Waals surface area contributed by atoms with E-state index >= 15 is 0 Å². The van der Waals surface area contributed by atoms with Gasteiger partial charge < -0.3 is 16.2 Å². The summed E-state index contributed by atoms with van der Waals surface area (Å²) in [5.41, 5.74) is 5.72. The SMILES string of the molecule is CC(C)C[C@@H](N)C(=O)NCC(C)CCC(=O)O. The van der Waals surface area contributed by atoms with Crippen molar-refractivity contribution < 1.29 is 14.7 Å². The molecule has 0 aromatic carbocycles. The highest BCUT2D eigenvalue weighted by Gasteiger charge is 2.15. The molecule has 2 atom stereocenters. The lowest BCUT2D eigenvalue weighted by Crippen LogP contribution is -2.42. The summed E-state index contributed by atoms with van der Waals surface area (Å²) in [7, 11) is 0. The zero-order valence-electron chi connectivity index (χ0n) is 10.9. The van der Waals surface area contributed by atoms with Crippen molar-refractivity contribution in [2.45, 2.75) is 46.1 Å². The van der Waals surface area contributed by atoms with Gasteiger partial charge in [0, 0.05) is 13.0 Å². The third-order valence-electron chi connectivity index (χ3n) is 2.54. The summed E-state index contributed by atoms with van der Waals surface area (Å²) in [6, 6.07) is -0.471. The van der Waals surface area contributed by atoms with Crippen LogP contribution in [-0.4, -0.2) is 29.6 Å². The molecule has 5 nitrogen and oxygen atoms in total. The second kappa shape index (κ2) is 8.06. The van der Waals surface area contributed by atoms with E-state index < -0.39 is 12.0 Å². The van der Waals surface area contributed by atoms with Gasteiger partial charge in [0.1, 0.15) is 0 Å². The van der Waals surface area contributed by atoms with E-state index in [1.54, 1.807) is 0 Å². The fourth-order valence-corrected chi connectivity index (χ4v) is 1.49. The normalized spacial score (nSPS) is 14.4. The Bertz CT molecular complexity index is 254. The summed E-state index contributed by atoms with van der Waals surface area (Å²) in [4.78, 5) is 21.9. The molecule has 0 aromatic rings. The minimum Gasteiger partial charge on any atom is -0.481 e. The molecule has 0 aliphatic rings. The second-order valence-electron chi connectivity index (χ2n) is 5.02. The number of carboxylic acid groups (broad SMARTS) is 1. The molecule has 0 spiro atoms. The predicted octanol–water partition coefficient (Wildman–Crippen LogP) is 0.977. The van der Waals surface area contributed by atoms with Crippen LogP contribution in [-0.2, 0) is 9.59 Å². The van der Waals surface area contributed by atoms with Gasteiger partial charge in [-0.05, 0) is 24.7 Å². The van der Waals surface area contributed by atoms with E-state index in [4.69, 9.17) is 10.8 Å². The number of nitrogens with two attached hydrogens (primary N) is 1. The highest BCUT2D eigenvalue weighted by molar-refractivity contribution is 5.81. The van der Waals surface area contributed by atoms with Crippen LogP contribution in [0.1, 0.15) is 40.0 Å². The molecule has 0 aliphatic heterocycles. The van der Waals surface area contributed by atoms with E-state index in [2.05, 4.69) is 5.32 Å². The van der Waals surface area contributed by atoms with E-state index in [-0.39, 0.29) is 18.2 Å². The Morgan fingerprint density at radius 3 is 2.35 bits per heavy atom. The first-order valence-corrected chi connectivity index (χ1v) is 6.08. The van der Waals surface area contributed by atoms with Gasteiger partial charge in [-0.15, -0.1) is 0 Å². The zero-order valence-corrected chi connectivity index (χ0v) is 10.9. The van der Waals surface area contributed by atoms with Gasteiger partial charge in [0.05, 0.1) is 6.04 Å². The molecule has 100 valence electrons. The lowest BCUT2D eigenvalue weighted by atomic mass is 10.0. The smallest absolute Gasteiger partial charge is 0.303 e. The zero-order chi connectivity index (χ0) is 13.4. The van der Waals surface area contributed by atoms with Gasteiger partial charge in [-0.2, -0.15) is 0 Å². The van der Waals surface area contributed by atoms with Gasteiger partial charge in [0.2, 0.25) is 5.91 Å². The van der Waals surface area contributed by atoms with Crippen LogP contribution in [0.25, 0.3) is 0 Å². The Morgan fingerprint density at radius 1 is 1.29 bits per heavy atom. The quantitative estimate of drug-likeness (QED) is 0.593. The van der Waals surface area contributed by atoms with Gasteiger partial charge in [-0.25, -0.2) is 0 Å². The molecular formula is C12H24N2O3. The number of amides is 1.